The molecule has 1 heterocycles. The number of sulfonamides is 1. The van der Waals surface area contributed by atoms with Crippen molar-refractivity contribution < 1.29 is 31.8 Å². The standard InChI is InChI=1S/C15H11F2NO5S/c16-9-1-3-10(4-2-9)24(21,22)18-5-6-23-14-8-12(17)11(15(19)20)7-13(14)18/h1-4,7-8H,5-6H2,(H,19,20). The third-order valence-corrected chi connectivity index (χ3v) is 5.33. The fourth-order valence-electron chi connectivity index (χ4n) is 2.36. The van der Waals surface area contributed by atoms with Crippen LogP contribution in [0.25, 0.3) is 0 Å². The van der Waals surface area contributed by atoms with Crippen molar-refractivity contribution in [2.24, 2.45) is 0 Å². The summed E-state index contributed by atoms with van der Waals surface area (Å²) < 4.78 is 58.4. The lowest BCUT2D eigenvalue weighted by Crippen LogP contribution is -2.38. The predicted molar refractivity (Wildman–Crippen MR) is 79.8 cm³/mol. The van der Waals surface area contributed by atoms with Crippen LogP contribution in [-0.2, 0) is 10.0 Å². The van der Waals surface area contributed by atoms with Gasteiger partial charge < -0.3 is 9.84 Å². The second-order valence-corrected chi connectivity index (χ2v) is 6.85. The molecule has 1 N–H and O–H groups in total. The normalized spacial score (nSPS) is 14.0. The molecule has 0 spiro atoms. The van der Waals surface area contributed by atoms with Gasteiger partial charge in [-0.25, -0.2) is 22.0 Å². The van der Waals surface area contributed by atoms with E-state index in [1.165, 1.54) is 0 Å². The molecule has 0 unspecified atom stereocenters. The first-order valence-corrected chi connectivity index (χ1v) is 8.22. The van der Waals surface area contributed by atoms with Gasteiger partial charge in [0.15, 0.2) is 0 Å². The highest BCUT2D eigenvalue weighted by molar-refractivity contribution is 7.92. The van der Waals surface area contributed by atoms with Crippen LogP contribution in [0.5, 0.6) is 5.75 Å². The summed E-state index contributed by atoms with van der Waals surface area (Å²) in [5.74, 6) is -3.22. The number of hydrogen-bond acceptors (Lipinski definition) is 4. The van der Waals surface area contributed by atoms with Crippen LogP contribution in [0.3, 0.4) is 0 Å². The van der Waals surface area contributed by atoms with E-state index in [-0.39, 0.29) is 29.5 Å². The number of ether oxygens (including phenoxy) is 1. The smallest absolute Gasteiger partial charge is 0.338 e. The fourth-order valence-corrected chi connectivity index (χ4v) is 3.81. The highest BCUT2D eigenvalue weighted by Gasteiger charge is 2.32. The number of carboxylic acid groups (broad SMARTS) is 1. The molecule has 2 aromatic rings. The quantitative estimate of drug-likeness (QED) is 0.913. The number of halogens is 2. The van der Waals surface area contributed by atoms with Gasteiger partial charge in [0.1, 0.15) is 24.0 Å². The number of carboxylic acids is 1. The van der Waals surface area contributed by atoms with Gasteiger partial charge in [-0.15, -0.1) is 0 Å². The number of benzene rings is 2. The van der Waals surface area contributed by atoms with E-state index >= 15 is 0 Å². The molecule has 0 saturated heterocycles. The van der Waals surface area contributed by atoms with E-state index in [0.29, 0.717) is 0 Å². The minimum Gasteiger partial charge on any atom is -0.489 e. The van der Waals surface area contributed by atoms with Gasteiger partial charge in [0, 0.05) is 6.07 Å². The van der Waals surface area contributed by atoms with Crippen LogP contribution in [0, 0.1) is 11.6 Å². The number of aromatic carboxylic acids is 1. The molecule has 0 radical (unpaired) electrons. The molecule has 0 aliphatic carbocycles. The van der Waals surface area contributed by atoms with E-state index in [2.05, 4.69) is 0 Å². The number of nitrogens with zero attached hydrogens (tertiary/aromatic N) is 1. The molecule has 1 aliphatic heterocycles. The minimum atomic E-state index is -4.08. The van der Waals surface area contributed by atoms with Crippen molar-refractivity contribution in [2.75, 3.05) is 17.5 Å². The SMILES string of the molecule is O=C(O)c1cc2c(cc1F)OCCN2S(=O)(=O)c1ccc(F)cc1. The Kier molecular flexibility index (Phi) is 3.88. The van der Waals surface area contributed by atoms with Gasteiger partial charge >= 0.3 is 5.97 Å². The number of hydrogen-bond donors (Lipinski definition) is 1. The maximum Gasteiger partial charge on any atom is 0.338 e. The Balaban J connectivity index is 2.13. The Hall–Kier alpha value is -2.68. The maximum atomic E-state index is 13.7. The van der Waals surface area contributed by atoms with Crippen LogP contribution >= 0.6 is 0 Å². The Bertz CT molecular complexity index is 912. The van der Waals surface area contributed by atoms with Crippen molar-refractivity contribution in [1.82, 2.24) is 0 Å². The molecule has 0 bridgehead atoms. The maximum absolute atomic E-state index is 13.7. The topological polar surface area (TPSA) is 83.9 Å². The summed E-state index contributed by atoms with van der Waals surface area (Å²) in [6, 6.07) is 5.95. The number of rotatable bonds is 3. The van der Waals surface area contributed by atoms with E-state index in [4.69, 9.17) is 9.84 Å². The van der Waals surface area contributed by atoms with E-state index in [1.54, 1.807) is 0 Å². The molecule has 2 aromatic carbocycles. The summed E-state index contributed by atoms with van der Waals surface area (Å²) in [5, 5.41) is 9.01. The van der Waals surface area contributed by atoms with Gasteiger partial charge in [-0.3, -0.25) is 4.31 Å². The van der Waals surface area contributed by atoms with Gasteiger partial charge in [0.25, 0.3) is 10.0 Å². The molecule has 0 saturated carbocycles. The van der Waals surface area contributed by atoms with Crippen LogP contribution in [0.1, 0.15) is 10.4 Å². The zero-order chi connectivity index (χ0) is 17.5. The van der Waals surface area contributed by atoms with E-state index in [1.807, 2.05) is 0 Å². The zero-order valence-corrected chi connectivity index (χ0v) is 12.9. The molecule has 0 fully saturated rings. The Morgan fingerprint density at radius 3 is 2.46 bits per heavy atom. The number of fused-ring (bicyclic) bond motifs is 1. The van der Waals surface area contributed by atoms with Crippen LogP contribution in [0.15, 0.2) is 41.3 Å². The lowest BCUT2D eigenvalue weighted by atomic mass is 10.1. The van der Waals surface area contributed by atoms with Crippen LogP contribution in [-0.4, -0.2) is 32.6 Å². The lowest BCUT2D eigenvalue weighted by Gasteiger charge is -2.30. The molecular weight excluding hydrogens is 344 g/mol. The molecule has 9 heteroatoms. The van der Waals surface area contributed by atoms with E-state index < -0.39 is 33.2 Å². The summed E-state index contributed by atoms with van der Waals surface area (Å²) in [5.41, 5.74) is -0.747. The first-order chi connectivity index (χ1) is 11.3. The van der Waals surface area contributed by atoms with Gasteiger partial charge in [0.05, 0.1) is 22.7 Å². The predicted octanol–water partition coefficient (Wildman–Crippen LogP) is 2.25. The highest BCUT2D eigenvalue weighted by atomic mass is 32.2. The molecule has 6 nitrogen and oxygen atoms in total. The Morgan fingerprint density at radius 1 is 1.17 bits per heavy atom. The average Bonchev–Trinajstić information content (AvgIpc) is 2.53. The van der Waals surface area contributed by atoms with Crippen molar-refractivity contribution in [1.29, 1.82) is 0 Å². The van der Waals surface area contributed by atoms with Crippen LogP contribution in [0.2, 0.25) is 0 Å². The number of anilines is 1. The van der Waals surface area contributed by atoms with Crippen molar-refractivity contribution in [3.63, 3.8) is 0 Å². The summed E-state index contributed by atoms with van der Waals surface area (Å²) in [4.78, 5) is 10.9. The average molecular weight is 355 g/mol. The summed E-state index contributed by atoms with van der Waals surface area (Å²) >= 11 is 0. The molecular formula is C15H11F2NO5S. The highest BCUT2D eigenvalue weighted by Crippen LogP contribution is 2.37. The molecule has 3 rings (SSSR count). The third kappa shape index (κ3) is 2.67. The minimum absolute atomic E-state index is 0.0285. The zero-order valence-electron chi connectivity index (χ0n) is 12.1. The van der Waals surface area contributed by atoms with Crippen molar-refractivity contribution in [3.05, 3.63) is 53.6 Å². The second-order valence-electron chi connectivity index (χ2n) is 4.98. The Morgan fingerprint density at radius 2 is 1.83 bits per heavy atom. The van der Waals surface area contributed by atoms with Crippen LogP contribution < -0.4 is 9.04 Å². The lowest BCUT2D eigenvalue weighted by molar-refractivity contribution is 0.0691. The van der Waals surface area contributed by atoms with E-state index in [0.717, 1.165) is 40.7 Å². The van der Waals surface area contributed by atoms with Gasteiger partial charge in [-0.1, -0.05) is 0 Å². The first-order valence-electron chi connectivity index (χ1n) is 6.78. The van der Waals surface area contributed by atoms with Crippen molar-refractivity contribution >= 4 is 21.7 Å². The molecule has 126 valence electrons. The summed E-state index contributed by atoms with van der Waals surface area (Å²) in [6.07, 6.45) is 0. The van der Waals surface area contributed by atoms with E-state index in [9.17, 15) is 22.0 Å². The van der Waals surface area contributed by atoms with Gasteiger partial charge in [-0.05, 0) is 30.3 Å². The summed E-state index contributed by atoms with van der Waals surface area (Å²) in [6.45, 7) is -0.114. The first kappa shape index (κ1) is 16.2. The van der Waals surface area contributed by atoms with Crippen molar-refractivity contribution in [3.8, 4) is 5.75 Å². The molecule has 24 heavy (non-hydrogen) atoms. The Labute approximate surface area is 135 Å². The second kappa shape index (κ2) is 5.75. The molecule has 0 aromatic heterocycles. The summed E-state index contributed by atoms with van der Waals surface area (Å²) in [7, 11) is -4.08. The molecule has 1 aliphatic rings. The third-order valence-electron chi connectivity index (χ3n) is 3.50. The van der Waals surface area contributed by atoms with Crippen molar-refractivity contribution in [2.45, 2.75) is 4.90 Å². The monoisotopic (exact) mass is 355 g/mol. The number of carbonyl (C=O) groups is 1. The van der Waals surface area contributed by atoms with Gasteiger partial charge in [-0.2, -0.15) is 0 Å². The van der Waals surface area contributed by atoms with Gasteiger partial charge in [0.2, 0.25) is 0 Å². The fraction of sp³-hybridized carbons (Fsp3) is 0.133. The molecule has 0 atom stereocenters. The van der Waals surface area contributed by atoms with Crippen LogP contribution in [0.4, 0.5) is 14.5 Å². The molecule has 0 amide bonds. The largest absolute Gasteiger partial charge is 0.489 e.